The molecule has 1 aromatic heterocycles. The Labute approximate surface area is 216 Å². The molecule has 2 saturated heterocycles. The standard InChI is InChI=1S/C18H24F5N5O5S.2ClH/c19-17(20,18(21,22)23)2-1-13-11-25-14(12-24-13)27-5-7-28(8-6-27)34(31,32)16(15(29)26-30)3-9-33-10-4-16;;/h11-12,30H,1-10H2,(H,26,29);2*1H. The minimum absolute atomic E-state index is 0. The predicted molar refractivity (Wildman–Crippen MR) is 121 cm³/mol. The number of halogens is 7. The van der Waals surface area contributed by atoms with Gasteiger partial charge in [0, 0.05) is 58.7 Å². The van der Waals surface area contributed by atoms with E-state index in [1.54, 1.807) is 4.90 Å². The van der Waals surface area contributed by atoms with Gasteiger partial charge in [0.2, 0.25) is 10.0 Å². The maximum absolute atomic E-state index is 13.3. The van der Waals surface area contributed by atoms with Crippen molar-refractivity contribution in [1.82, 2.24) is 19.8 Å². The number of amides is 1. The number of piperazine rings is 1. The number of alkyl halides is 5. The zero-order valence-corrected chi connectivity index (χ0v) is 21.2. The Bertz CT molecular complexity index is 973. The van der Waals surface area contributed by atoms with E-state index in [-0.39, 0.29) is 82.7 Å². The second kappa shape index (κ2) is 12.3. The molecule has 18 heteroatoms. The highest BCUT2D eigenvalue weighted by molar-refractivity contribution is 7.91. The molecule has 36 heavy (non-hydrogen) atoms. The third-order valence-electron chi connectivity index (χ3n) is 6.01. The molecule has 208 valence electrons. The van der Waals surface area contributed by atoms with Crippen molar-refractivity contribution in [3.63, 3.8) is 0 Å². The van der Waals surface area contributed by atoms with Crippen LogP contribution in [0.1, 0.15) is 25.0 Å². The number of rotatable bonds is 7. The molecule has 0 aromatic carbocycles. The van der Waals surface area contributed by atoms with Crippen molar-refractivity contribution in [2.75, 3.05) is 44.3 Å². The number of anilines is 1. The number of nitrogens with zero attached hydrogens (tertiary/aromatic N) is 4. The fraction of sp³-hybridized carbons (Fsp3) is 0.722. The van der Waals surface area contributed by atoms with Crippen LogP contribution in [0.2, 0.25) is 0 Å². The van der Waals surface area contributed by atoms with Gasteiger partial charge in [-0.15, -0.1) is 24.8 Å². The molecular formula is C18H26Cl2F5N5O5S. The first-order valence-electron chi connectivity index (χ1n) is 10.4. The number of hydrogen-bond donors (Lipinski definition) is 2. The Kier molecular flexibility index (Phi) is 11.1. The molecule has 3 heterocycles. The lowest BCUT2D eigenvalue weighted by atomic mass is 9.98. The van der Waals surface area contributed by atoms with Crippen molar-refractivity contribution >= 4 is 46.6 Å². The first-order chi connectivity index (χ1) is 15.8. The lowest BCUT2D eigenvalue weighted by Crippen LogP contribution is -2.62. The molecular weight excluding hydrogens is 564 g/mol. The van der Waals surface area contributed by atoms with E-state index in [4.69, 9.17) is 9.94 Å². The van der Waals surface area contributed by atoms with Crippen LogP contribution in [-0.4, -0.2) is 90.0 Å². The maximum Gasteiger partial charge on any atom is 0.453 e. The average Bonchev–Trinajstić information content (AvgIpc) is 2.82. The summed E-state index contributed by atoms with van der Waals surface area (Å²) in [4.78, 5) is 21.9. The summed E-state index contributed by atoms with van der Waals surface area (Å²) in [6.45, 7) is 0.447. The van der Waals surface area contributed by atoms with Crippen LogP contribution in [-0.2, 0) is 26.0 Å². The van der Waals surface area contributed by atoms with Crippen molar-refractivity contribution in [3.8, 4) is 0 Å². The molecule has 2 aliphatic rings. The second-order valence-electron chi connectivity index (χ2n) is 8.01. The lowest BCUT2D eigenvalue weighted by Gasteiger charge is -2.41. The number of aromatic nitrogens is 2. The van der Waals surface area contributed by atoms with Gasteiger partial charge in [-0.25, -0.2) is 18.9 Å². The van der Waals surface area contributed by atoms with Crippen LogP contribution in [0.4, 0.5) is 27.8 Å². The van der Waals surface area contributed by atoms with E-state index in [0.717, 1.165) is 10.5 Å². The minimum Gasteiger partial charge on any atom is -0.381 e. The number of ether oxygens (including phenoxy) is 1. The second-order valence-corrected chi connectivity index (χ2v) is 10.3. The Balaban J connectivity index is 0.00000324. The number of aryl methyl sites for hydroxylation is 1. The predicted octanol–water partition coefficient (Wildman–Crippen LogP) is 1.96. The number of hydroxylamine groups is 1. The molecule has 0 bridgehead atoms. The van der Waals surface area contributed by atoms with Crippen LogP contribution < -0.4 is 10.4 Å². The van der Waals surface area contributed by atoms with E-state index >= 15 is 0 Å². The molecule has 3 rings (SSSR count). The molecule has 1 amide bonds. The summed E-state index contributed by atoms with van der Waals surface area (Å²) in [5.74, 6) is -5.54. The van der Waals surface area contributed by atoms with Gasteiger partial charge in [0.1, 0.15) is 5.82 Å². The summed E-state index contributed by atoms with van der Waals surface area (Å²) >= 11 is 0. The highest BCUT2D eigenvalue weighted by Gasteiger charge is 2.57. The Morgan fingerprint density at radius 3 is 2.11 bits per heavy atom. The summed E-state index contributed by atoms with van der Waals surface area (Å²) in [6, 6.07) is 0. The highest BCUT2D eigenvalue weighted by atomic mass is 35.5. The van der Waals surface area contributed by atoms with Crippen LogP contribution in [0.15, 0.2) is 12.4 Å². The minimum atomic E-state index is -5.64. The van der Waals surface area contributed by atoms with Gasteiger partial charge in [-0.3, -0.25) is 15.0 Å². The normalized spacial score (nSPS) is 19.1. The van der Waals surface area contributed by atoms with Crippen LogP contribution in [0.3, 0.4) is 0 Å². The van der Waals surface area contributed by atoms with Gasteiger partial charge in [-0.1, -0.05) is 0 Å². The molecule has 0 spiro atoms. The fourth-order valence-corrected chi connectivity index (χ4v) is 5.98. The Morgan fingerprint density at radius 1 is 1.06 bits per heavy atom. The number of hydrogen-bond acceptors (Lipinski definition) is 8. The SMILES string of the molecule is Cl.Cl.O=C(NO)C1(S(=O)(=O)N2CCN(c3cnc(CCC(F)(F)C(F)(F)F)cn3)CC2)CCOCC1. The van der Waals surface area contributed by atoms with E-state index < -0.39 is 45.6 Å². The van der Waals surface area contributed by atoms with Crippen molar-refractivity contribution in [2.45, 2.75) is 42.5 Å². The van der Waals surface area contributed by atoms with Crippen LogP contribution in [0, 0.1) is 0 Å². The van der Waals surface area contributed by atoms with Gasteiger partial charge >= 0.3 is 12.1 Å². The third-order valence-corrected chi connectivity index (χ3v) is 8.64. The quantitative estimate of drug-likeness (QED) is 0.281. The number of carbonyl (C=O) groups is 1. The van der Waals surface area contributed by atoms with E-state index in [0.29, 0.717) is 5.82 Å². The first-order valence-corrected chi connectivity index (χ1v) is 11.8. The summed E-state index contributed by atoms with van der Waals surface area (Å²) in [5.41, 5.74) is 1.41. The van der Waals surface area contributed by atoms with Gasteiger partial charge in [0.15, 0.2) is 4.75 Å². The largest absolute Gasteiger partial charge is 0.453 e. The highest BCUT2D eigenvalue weighted by Crippen LogP contribution is 2.38. The fourth-order valence-electron chi connectivity index (χ4n) is 3.88. The van der Waals surface area contributed by atoms with Crippen molar-refractivity contribution in [2.24, 2.45) is 0 Å². The summed E-state index contributed by atoms with van der Waals surface area (Å²) in [5, 5.41) is 9.11. The topological polar surface area (TPSA) is 125 Å². The number of nitrogens with one attached hydrogen (secondary N) is 1. The monoisotopic (exact) mass is 589 g/mol. The van der Waals surface area contributed by atoms with Gasteiger partial charge in [-0.2, -0.15) is 26.3 Å². The first kappa shape index (κ1) is 32.4. The molecule has 0 saturated carbocycles. The molecule has 2 fully saturated rings. The van der Waals surface area contributed by atoms with Crippen molar-refractivity contribution < 1.29 is 45.1 Å². The Morgan fingerprint density at radius 2 is 1.64 bits per heavy atom. The Hall–Kier alpha value is -1.59. The third kappa shape index (κ3) is 6.45. The van der Waals surface area contributed by atoms with E-state index in [9.17, 15) is 35.2 Å². The van der Waals surface area contributed by atoms with Gasteiger partial charge in [-0.05, 0) is 6.42 Å². The molecule has 1 aromatic rings. The summed E-state index contributed by atoms with van der Waals surface area (Å²) in [7, 11) is -4.15. The molecule has 0 unspecified atom stereocenters. The van der Waals surface area contributed by atoms with E-state index in [2.05, 4.69) is 9.97 Å². The van der Waals surface area contributed by atoms with Gasteiger partial charge in [0.25, 0.3) is 5.91 Å². The van der Waals surface area contributed by atoms with Gasteiger partial charge < -0.3 is 9.64 Å². The van der Waals surface area contributed by atoms with Crippen LogP contribution in [0.25, 0.3) is 0 Å². The maximum atomic E-state index is 13.3. The van der Waals surface area contributed by atoms with E-state index in [1.807, 2.05) is 0 Å². The zero-order valence-electron chi connectivity index (χ0n) is 18.7. The smallest absolute Gasteiger partial charge is 0.381 e. The average molecular weight is 590 g/mol. The number of carbonyl (C=O) groups excluding carboxylic acids is 1. The van der Waals surface area contributed by atoms with E-state index in [1.165, 1.54) is 11.7 Å². The summed E-state index contributed by atoms with van der Waals surface area (Å²) < 4.78 is 94.1. The molecule has 0 aliphatic carbocycles. The summed E-state index contributed by atoms with van der Waals surface area (Å²) in [6.07, 6.45) is -5.59. The molecule has 0 atom stereocenters. The van der Waals surface area contributed by atoms with Crippen LogP contribution in [0.5, 0.6) is 0 Å². The molecule has 0 radical (unpaired) electrons. The zero-order chi connectivity index (χ0) is 25.2. The van der Waals surface area contributed by atoms with Crippen LogP contribution >= 0.6 is 24.8 Å². The lowest BCUT2D eigenvalue weighted by molar-refractivity contribution is -0.284. The van der Waals surface area contributed by atoms with Crippen molar-refractivity contribution in [1.29, 1.82) is 0 Å². The molecule has 2 aliphatic heterocycles. The molecule has 10 nitrogen and oxygen atoms in total. The van der Waals surface area contributed by atoms with Gasteiger partial charge in [0.05, 0.1) is 18.1 Å². The molecule has 2 N–H and O–H groups in total. The number of sulfonamides is 1. The van der Waals surface area contributed by atoms with Crippen molar-refractivity contribution in [3.05, 3.63) is 18.1 Å².